The van der Waals surface area contributed by atoms with Gasteiger partial charge in [0, 0.05) is 29.8 Å². The lowest BCUT2D eigenvalue weighted by atomic mass is 9.64. The highest BCUT2D eigenvalue weighted by Crippen LogP contribution is 2.48. The second-order valence-corrected chi connectivity index (χ2v) is 7.30. The summed E-state index contributed by atoms with van der Waals surface area (Å²) < 4.78 is 34.3. The van der Waals surface area contributed by atoms with E-state index in [1.165, 1.54) is 7.11 Å². The topological polar surface area (TPSA) is 78.6 Å². The normalized spacial score (nSPS) is 17.4. The van der Waals surface area contributed by atoms with Gasteiger partial charge in [-0.25, -0.2) is 8.42 Å². The monoisotopic (exact) mass is 299 g/mol. The van der Waals surface area contributed by atoms with E-state index in [-0.39, 0.29) is 10.3 Å². The molecule has 0 aromatic heterocycles. The number of hydrogen-bond acceptors (Lipinski definition) is 5. The van der Waals surface area contributed by atoms with Crippen molar-refractivity contribution < 1.29 is 17.9 Å². The van der Waals surface area contributed by atoms with E-state index in [9.17, 15) is 8.42 Å². The molecule has 2 rings (SSSR count). The van der Waals surface area contributed by atoms with Crippen molar-refractivity contribution in [3.05, 3.63) is 17.7 Å². The second kappa shape index (κ2) is 5.26. The van der Waals surface area contributed by atoms with Gasteiger partial charge < -0.3 is 15.2 Å². The molecule has 1 saturated carbocycles. The van der Waals surface area contributed by atoms with Crippen molar-refractivity contribution in [2.24, 2.45) is 5.73 Å². The number of methoxy groups -OCH3 is 2. The van der Waals surface area contributed by atoms with E-state index in [0.29, 0.717) is 18.0 Å². The van der Waals surface area contributed by atoms with Crippen molar-refractivity contribution in [3.8, 4) is 11.5 Å². The van der Waals surface area contributed by atoms with Crippen LogP contribution in [0.25, 0.3) is 0 Å². The predicted octanol–water partition coefficient (Wildman–Crippen LogP) is 1.49. The minimum Gasteiger partial charge on any atom is -0.496 e. The van der Waals surface area contributed by atoms with Crippen LogP contribution in [0, 0.1) is 0 Å². The lowest BCUT2D eigenvalue weighted by Gasteiger charge is -2.42. The summed E-state index contributed by atoms with van der Waals surface area (Å²) in [5, 5.41) is 0. The molecule has 1 aromatic rings. The molecule has 1 aliphatic carbocycles. The number of rotatable bonds is 5. The summed E-state index contributed by atoms with van der Waals surface area (Å²) >= 11 is 0. The molecule has 1 aliphatic rings. The van der Waals surface area contributed by atoms with E-state index in [0.717, 1.165) is 31.1 Å². The van der Waals surface area contributed by atoms with Crippen molar-refractivity contribution in [2.75, 3.05) is 27.0 Å². The molecule has 0 aliphatic heterocycles. The van der Waals surface area contributed by atoms with Gasteiger partial charge in [0.15, 0.2) is 9.84 Å². The van der Waals surface area contributed by atoms with Crippen molar-refractivity contribution in [3.63, 3.8) is 0 Å². The van der Waals surface area contributed by atoms with E-state index in [1.807, 2.05) is 0 Å². The number of benzene rings is 1. The van der Waals surface area contributed by atoms with Crippen molar-refractivity contribution in [1.82, 2.24) is 0 Å². The van der Waals surface area contributed by atoms with Gasteiger partial charge in [0.25, 0.3) is 0 Å². The molecule has 0 saturated heterocycles. The standard InChI is InChI=1S/C14H21NO4S/c1-18-11-8-13(20(3,16)17)12(19-2)7-10(11)14(9-15)5-4-6-14/h7-8H,4-6,9,15H2,1-3H3. The highest BCUT2D eigenvalue weighted by atomic mass is 32.2. The van der Waals surface area contributed by atoms with Crippen LogP contribution in [0.3, 0.4) is 0 Å². The van der Waals surface area contributed by atoms with E-state index in [2.05, 4.69) is 0 Å². The summed E-state index contributed by atoms with van der Waals surface area (Å²) in [4.78, 5) is 0.145. The largest absolute Gasteiger partial charge is 0.496 e. The van der Waals surface area contributed by atoms with E-state index < -0.39 is 9.84 Å². The third-order valence-electron chi connectivity index (χ3n) is 4.16. The zero-order valence-corrected chi connectivity index (χ0v) is 12.9. The van der Waals surface area contributed by atoms with Gasteiger partial charge in [-0.15, -0.1) is 0 Å². The van der Waals surface area contributed by atoms with E-state index >= 15 is 0 Å². The molecule has 0 bridgehead atoms. The molecule has 112 valence electrons. The quantitative estimate of drug-likeness (QED) is 0.891. The van der Waals surface area contributed by atoms with Crippen LogP contribution >= 0.6 is 0 Å². The summed E-state index contributed by atoms with van der Waals surface area (Å²) in [6, 6.07) is 3.31. The summed E-state index contributed by atoms with van der Waals surface area (Å²) in [5.41, 5.74) is 6.75. The molecular weight excluding hydrogens is 278 g/mol. The van der Waals surface area contributed by atoms with Gasteiger partial charge in [-0.2, -0.15) is 0 Å². The maximum Gasteiger partial charge on any atom is 0.179 e. The lowest BCUT2D eigenvalue weighted by molar-refractivity contribution is 0.242. The fraction of sp³-hybridized carbons (Fsp3) is 0.571. The maximum atomic E-state index is 11.8. The lowest BCUT2D eigenvalue weighted by Crippen LogP contribution is -2.41. The molecule has 2 N–H and O–H groups in total. The SMILES string of the molecule is COc1cc(S(C)(=O)=O)c(OC)cc1C1(CN)CCC1. The molecule has 0 heterocycles. The Hall–Kier alpha value is -1.27. The average Bonchev–Trinajstić information content (AvgIpc) is 2.36. The molecule has 0 radical (unpaired) electrons. The number of sulfone groups is 1. The molecule has 0 atom stereocenters. The van der Waals surface area contributed by atoms with Crippen LogP contribution in [-0.2, 0) is 15.3 Å². The van der Waals surface area contributed by atoms with Crippen molar-refractivity contribution >= 4 is 9.84 Å². The first-order valence-electron chi connectivity index (χ1n) is 6.54. The smallest absolute Gasteiger partial charge is 0.179 e. The average molecular weight is 299 g/mol. The van der Waals surface area contributed by atoms with Gasteiger partial charge in [-0.3, -0.25) is 0 Å². The first-order chi connectivity index (χ1) is 9.38. The Morgan fingerprint density at radius 2 is 1.80 bits per heavy atom. The van der Waals surface area contributed by atoms with E-state index in [4.69, 9.17) is 15.2 Å². The molecule has 0 unspecified atom stereocenters. The highest BCUT2D eigenvalue weighted by Gasteiger charge is 2.40. The zero-order valence-electron chi connectivity index (χ0n) is 12.1. The summed E-state index contributed by atoms with van der Waals surface area (Å²) in [6.07, 6.45) is 4.25. The Labute approximate surface area is 120 Å². The first-order valence-corrected chi connectivity index (χ1v) is 8.44. The molecular formula is C14H21NO4S. The third kappa shape index (κ3) is 2.38. The van der Waals surface area contributed by atoms with Crippen molar-refractivity contribution in [1.29, 1.82) is 0 Å². The van der Waals surface area contributed by atoms with Crippen LogP contribution in [0.5, 0.6) is 11.5 Å². The number of ether oxygens (including phenoxy) is 2. The zero-order chi connectivity index (χ0) is 15.0. The summed E-state index contributed by atoms with van der Waals surface area (Å²) in [5.74, 6) is 0.916. The second-order valence-electron chi connectivity index (χ2n) is 5.31. The Balaban J connectivity index is 2.65. The van der Waals surface area contributed by atoms with Crippen LogP contribution in [0.15, 0.2) is 17.0 Å². The summed E-state index contributed by atoms with van der Waals surface area (Å²) in [7, 11) is -0.362. The first kappa shape index (κ1) is 15.1. The van der Waals surface area contributed by atoms with Gasteiger partial charge in [0.1, 0.15) is 16.4 Å². The van der Waals surface area contributed by atoms with Crippen LogP contribution < -0.4 is 15.2 Å². The number of hydrogen-bond donors (Lipinski definition) is 1. The van der Waals surface area contributed by atoms with Gasteiger partial charge in [-0.05, 0) is 18.9 Å². The van der Waals surface area contributed by atoms with Crippen LogP contribution in [0.1, 0.15) is 24.8 Å². The molecule has 0 spiro atoms. The molecule has 1 aromatic carbocycles. The maximum absolute atomic E-state index is 11.8. The van der Waals surface area contributed by atoms with Gasteiger partial charge in [0.05, 0.1) is 14.2 Å². The highest BCUT2D eigenvalue weighted by molar-refractivity contribution is 7.90. The van der Waals surface area contributed by atoms with Gasteiger partial charge >= 0.3 is 0 Å². The summed E-state index contributed by atoms with van der Waals surface area (Å²) in [6.45, 7) is 0.519. The molecule has 1 fully saturated rings. The third-order valence-corrected chi connectivity index (χ3v) is 5.28. The minimum atomic E-state index is -3.37. The van der Waals surface area contributed by atoms with Crippen LogP contribution in [0.2, 0.25) is 0 Å². The minimum absolute atomic E-state index is 0.116. The van der Waals surface area contributed by atoms with Crippen LogP contribution in [-0.4, -0.2) is 35.4 Å². The Bertz CT molecular complexity index is 600. The van der Waals surface area contributed by atoms with E-state index in [1.54, 1.807) is 19.2 Å². The fourth-order valence-electron chi connectivity index (χ4n) is 2.76. The van der Waals surface area contributed by atoms with Crippen LogP contribution in [0.4, 0.5) is 0 Å². The Kier molecular flexibility index (Phi) is 3.97. The fourth-order valence-corrected chi connectivity index (χ4v) is 3.59. The molecule has 6 heteroatoms. The molecule has 20 heavy (non-hydrogen) atoms. The predicted molar refractivity (Wildman–Crippen MR) is 77.2 cm³/mol. The van der Waals surface area contributed by atoms with Crippen molar-refractivity contribution in [2.45, 2.75) is 29.6 Å². The molecule has 0 amide bonds. The Morgan fingerprint density at radius 3 is 2.15 bits per heavy atom. The van der Waals surface area contributed by atoms with Gasteiger partial charge in [-0.1, -0.05) is 6.42 Å². The Morgan fingerprint density at radius 1 is 1.20 bits per heavy atom. The number of nitrogens with two attached hydrogens (primary N) is 1. The molecule has 5 nitrogen and oxygen atoms in total. The van der Waals surface area contributed by atoms with Gasteiger partial charge in [0.2, 0.25) is 0 Å².